The van der Waals surface area contributed by atoms with Crippen molar-refractivity contribution in [2.24, 2.45) is 0 Å². The maximum atomic E-state index is 13.4. The molecule has 4 aromatic rings. The van der Waals surface area contributed by atoms with E-state index in [0.29, 0.717) is 31.0 Å². The van der Waals surface area contributed by atoms with Gasteiger partial charge in [0.05, 0.1) is 18.9 Å². The molecule has 7 heteroatoms. The number of fused-ring (bicyclic) bond motifs is 2. The van der Waals surface area contributed by atoms with Gasteiger partial charge in [0.2, 0.25) is 5.78 Å². The first-order valence-electron chi connectivity index (χ1n) is 10.0. The summed E-state index contributed by atoms with van der Waals surface area (Å²) in [5, 5.41) is 14.8. The molecule has 1 fully saturated rings. The summed E-state index contributed by atoms with van der Waals surface area (Å²) < 4.78 is 11.3. The van der Waals surface area contributed by atoms with Crippen LogP contribution in [0.15, 0.2) is 46.9 Å². The summed E-state index contributed by atoms with van der Waals surface area (Å²) in [7, 11) is 1.85. The molecule has 1 saturated heterocycles. The Morgan fingerprint density at radius 1 is 1.17 bits per heavy atom. The quantitative estimate of drug-likeness (QED) is 0.439. The number of nitrogens with zero attached hydrogens (tertiary/aromatic N) is 1. The van der Waals surface area contributed by atoms with Crippen LogP contribution >= 0.6 is 0 Å². The Morgan fingerprint density at radius 3 is 2.80 bits per heavy atom. The van der Waals surface area contributed by atoms with Crippen LogP contribution in [0.1, 0.15) is 21.8 Å². The van der Waals surface area contributed by atoms with Crippen molar-refractivity contribution in [2.45, 2.75) is 6.54 Å². The SMILES string of the molecule is CNc1ccc2oc(C(=O)c3[nH]c4ccc(O)cc4c3CN3CCOCC3)cc2c1. The van der Waals surface area contributed by atoms with Gasteiger partial charge in [0.15, 0.2) is 5.76 Å². The number of furan rings is 1. The van der Waals surface area contributed by atoms with E-state index in [2.05, 4.69) is 15.2 Å². The third-order valence-electron chi connectivity index (χ3n) is 5.63. The predicted molar refractivity (Wildman–Crippen MR) is 115 cm³/mol. The average Bonchev–Trinajstić information content (AvgIpc) is 3.35. The van der Waals surface area contributed by atoms with Crippen molar-refractivity contribution in [3.8, 4) is 5.75 Å². The third kappa shape index (κ3) is 3.32. The van der Waals surface area contributed by atoms with Gasteiger partial charge in [0, 0.05) is 54.2 Å². The van der Waals surface area contributed by atoms with E-state index in [0.717, 1.165) is 40.6 Å². The highest BCUT2D eigenvalue weighted by Crippen LogP contribution is 2.31. The molecule has 0 spiro atoms. The van der Waals surface area contributed by atoms with Crippen LogP contribution in [-0.4, -0.2) is 54.1 Å². The highest BCUT2D eigenvalue weighted by molar-refractivity contribution is 6.12. The standard InChI is InChI=1S/C23H23N3O4/c1-24-15-2-5-20-14(10-15)11-21(30-20)23(28)22-18(13-26-6-8-29-9-7-26)17-12-16(27)3-4-19(17)25-22/h2-5,10-12,24-25,27H,6-9,13H2,1H3. The zero-order valence-electron chi connectivity index (χ0n) is 16.7. The third-order valence-corrected chi connectivity index (χ3v) is 5.63. The monoisotopic (exact) mass is 405 g/mol. The van der Waals surface area contributed by atoms with Gasteiger partial charge in [0.25, 0.3) is 0 Å². The van der Waals surface area contributed by atoms with Crippen molar-refractivity contribution >= 4 is 33.3 Å². The zero-order valence-corrected chi connectivity index (χ0v) is 16.7. The first kappa shape index (κ1) is 18.7. The predicted octanol–water partition coefficient (Wildman–Crippen LogP) is 3.72. The number of phenolic OH excluding ortho intramolecular Hbond substituents is 1. The second-order valence-corrected chi connectivity index (χ2v) is 7.54. The average molecular weight is 405 g/mol. The molecule has 2 aromatic carbocycles. The zero-order chi connectivity index (χ0) is 20.7. The molecule has 0 bridgehead atoms. The van der Waals surface area contributed by atoms with Crippen molar-refractivity contribution in [3.63, 3.8) is 0 Å². The minimum atomic E-state index is -0.198. The topological polar surface area (TPSA) is 90.7 Å². The fourth-order valence-electron chi connectivity index (χ4n) is 4.01. The fourth-order valence-corrected chi connectivity index (χ4v) is 4.01. The Balaban J connectivity index is 1.58. The van der Waals surface area contributed by atoms with Crippen LogP contribution in [0.5, 0.6) is 5.75 Å². The molecule has 30 heavy (non-hydrogen) atoms. The lowest BCUT2D eigenvalue weighted by atomic mass is 10.1. The molecule has 1 aliphatic heterocycles. The van der Waals surface area contributed by atoms with Crippen LogP contribution in [0.3, 0.4) is 0 Å². The van der Waals surface area contributed by atoms with Gasteiger partial charge in [-0.05, 0) is 42.5 Å². The summed E-state index contributed by atoms with van der Waals surface area (Å²) in [6.07, 6.45) is 0. The first-order valence-corrected chi connectivity index (χ1v) is 10.0. The van der Waals surface area contributed by atoms with Gasteiger partial charge < -0.3 is 24.6 Å². The molecule has 0 atom stereocenters. The molecule has 5 rings (SSSR count). The molecular weight excluding hydrogens is 382 g/mol. The molecule has 3 heterocycles. The number of aromatic amines is 1. The van der Waals surface area contributed by atoms with Crippen molar-refractivity contribution in [3.05, 3.63) is 59.5 Å². The number of ketones is 1. The molecule has 0 aliphatic carbocycles. The number of anilines is 1. The molecule has 0 saturated carbocycles. The summed E-state index contributed by atoms with van der Waals surface area (Å²) in [6.45, 7) is 3.55. The molecule has 2 aromatic heterocycles. The van der Waals surface area contributed by atoms with Crippen molar-refractivity contribution in [2.75, 3.05) is 38.7 Å². The number of hydrogen-bond acceptors (Lipinski definition) is 6. The van der Waals surface area contributed by atoms with Crippen LogP contribution in [0.2, 0.25) is 0 Å². The summed E-state index contributed by atoms with van der Waals surface area (Å²) >= 11 is 0. The Morgan fingerprint density at radius 2 is 2.00 bits per heavy atom. The van der Waals surface area contributed by atoms with E-state index in [1.165, 1.54) is 0 Å². The second kappa shape index (κ2) is 7.51. The summed E-state index contributed by atoms with van der Waals surface area (Å²) in [5.74, 6) is 0.264. The Hall–Kier alpha value is -3.29. The molecule has 3 N–H and O–H groups in total. The van der Waals surface area contributed by atoms with Crippen LogP contribution < -0.4 is 5.32 Å². The number of phenols is 1. The number of morpholine rings is 1. The van der Waals surface area contributed by atoms with E-state index in [1.54, 1.807) is 24.3 Å². The van der Waals surface area contributed by atoms with E-state index in [9.17, 15) is 9.90 Å². The number of benzene rings is 2. The van der Waals surface area contributed by atoms with Gasteiger partial charge in [-0.15, -0.1) is 0 Å². The van der Waals surface area contributed by atoms with Crippen LogP contribution in [0.25, 0.3) is 21.9 Å². The molecule has 0 unspecified atom stereocenters. The summed E-state index contributed by atoms with van der Waals surface area (Å²) in [4.78, 5) is 19.0. The Bertz CT molecular complexity index is 1230. The lowest BCUT2D eigenvalue weighted by molar-refractivity contribution is 0.0342. The number of carbonyl (C=O) groups excluding carboxylic acids is 1. The van der Waals surface area contributed by atoms with E-state index >= 15 is 0 Å². The minimum absolute atomic E-state index is 0.173. The lowest BCUT2D eigenvalue weighted by Gasteiger charge is -2.26. The Labute approximate surface area is 173 Å². The summed E-state index contributed by atoms with van der Waals surface area (Å²) in [5.41, 5.74) is 3.80. The van der Waals surface area contributed by atoms with Crippen molar-refractivity contribution in [1.29, 1.82) is 0 Å². The van der Waals surface area contributed by atoms with E-state index < -0.39 is 0 Å². The largest absolute Gasteiger partial charge is 0.508 e. The van der Waals surface area contributed by atoms with Gasteiger partial charge >= 0.3 is 0 Å². The smallest absolute Gasteiger partial charge is 0.244 e. The van der Waals surface area contributed by atoms with Gasteiger partial charge in [-0.2, -0.15) is 0 Å². The van der Waals surface area contributed by atoms with Gasteiger partial charge in [0.1, 0.15) is 11.3 Å². The van der Waals surface area contributed by atoms with Crippen molar-refractivity contribution < 1.29 is 19.1 Å². The molecule has 1 aliphatic rings. The number of hydrogen-bond donors (Lipinski definition) is 3. The van der Waals surface area contributed by atoms with E-state index in [-0.39, 0.29) is 17.3 Å². The second-order valence-electron chi connectivity index (χ2n) is 7.54. The number of ether oxygens (including phenoxy) is 1. The number of aromatic hydroxyl groups is 1. The molecule has 7 nitrogen and oxygen atoms in total. The fraction of sp³-hybridized carbons (Fsp3) is 0.261. The highest BCUT2D eigenvalue weighted by Gasteiger charge is 2.24. The first-order chi connectivity index (χ1) is 14.6. The van der Waals surface area contributed by atoms with Crippen LogP contribution in [0.4, 0.5) is 5.69 Å². The maximum absolute atomic E-state index is 13.4. The Kier molecular flexibility index (Phi) is 4.69. The molecular formula is C23H23N3O4. The van der Waals surface area contributed by atoms with Gasteiger partial charge in [-0.1, -0.05) is 0 Å². The molecule has 0 amide bonds. The van der Waals surface area contributed by atoms with Crippen LogP contribution in [0, 0.1) is 0 Å². The number of rotatable bonds is 5. The maximum Gasteiger partial charge on any atom is 0.244 e. The normalized spacial score (nSPS) is 15.1. The van der Waals surface area contributed by atoms with Gasteiger partial charge in [-0.25, -0.2) is 0 Å². The minimum Gasteiger partial charge on any atom is -0.508 e. The van der Waals surface area contributed by atoms with Crippen molar-refractivity contribution in [1.82, 2.24) is 9.88 Å². The highest BCUT2D eigenvalue weighted by atomic mass is 16.5. The lowest BCUT2D eigenvalue weighted by Crippen LogP contribution is -2.36. The van der Waals surface area contributed by atoms with E-state index in [4.69, 9.17) is 9.15 Å². The molecule has 154 valence electrons. The summed E-state index contributed by atoms with van der Waals surface area (Å²) in [6, 6.07) is 12.6. The van der Waals surface area contributed by atoms with E-state index in [1.807, 2.05) is 25.2 Å². The number of H-pyrrole nitrogens is 1. The number of nitrogens with one attached hydrogen (secondary N) is 2. The number of carbonyl (C=O) groups is 1. The van der Waals surface area contributed by atoms with Gasteiger partial charge in [-0.3, -0.25) is 9.69 Å². The van der Waals surface area contributed by atoms with Crippen LogP contribution in [-0.2, 0) is 11.3 Å². The molecule has 0 radical (unpaired) electrons. The number of aromatic nitrogens is 1.